The highest BCUT2D eigenvalue weighted by Gasteiger charge is 2.41. The first-order valence-electron chi connectivity index (χ1n) is 12.9. The van der Waals surface area contributed by atoms with Crippen LogP contribution in [0.4, 0.5) is 0 Å². The molecule has 1 amide bonds. The molecular weight excluding hydrogens is 522 g/mol. The van der Waals surface area contributed by atoms with Gasteiger partial charge in [-0.25, -0.2) is 8.42 Å². The second-order valence-electron chi connectivity index (χ2n) is 9.83. The molecule has 0 fully saturated rings. The van der Waals surface area contributed by atoms with E-state index in [1.54, 1.807) is 7.11 Å². The Bertz CT molecular complexity index is 1080. The van der Waals surface area contributed by atoms with Gasteiger partial charge in [-0.05, 0) is 60.4 Å². The van der Waals surface area contributed by atoms with Crippen LogP contribution in [-0.4, -0.2) is 73.3 Å². The molecule has 0 unspecified atom stereocenters. The average Bonchev–Trinajstić information content (AvgIpc) is 2.89. The number of nitrogens with two attached hydrogens (primary N) is 1. The largest absolute Gasteiger partial charge is 0.497 e. The van der Waals surface area contributed by atoms with Crippen molar-refractivity contribution in [3.05, 3.63) is 65.7 Å². The number of primary amides is 1. The molecule has 0 aliphatic heterocycles. The Morgan fingerprint density at radius 2 is 1.79 bits per heavy atom. The van der Waals surface area contributed by atoms with Gasteiger partial charge in [0.15, 0.2) is 0 Å². The third kappa shape index (κ3) is 10.2. The van der Waals surface area contributed by atoms with E-state index in [4.69, 9.17) is 10.5 Å². The molecule has 4 N–H and O–H groups in total. The fourth-order valence-corrected chi connectivity index (χ4v) is 6.94. The summed E-state index contributed by atoms with van der Waals surface area (Å²) in [6.45, 7) is 4.49. The molecule has 2 aromatic carbocycles. The number of benzene rings is 2. The highest BCUT2D eigenvalue weighted by molar-refractivity contribution is 7.98. The zero-order chi connectivity index (χ0) is 28.1. The molecule has 0 aliphatic carbocycles. The standard InChI is InChI=1S/C28H43N3O5S2/c1-21(2)14-16-38(34,35)31(25(28(29)33)13-15-37-4)26(18-22-9-6-5-7-10-22)27(32)20-30-19-23-11-8-12-24(17-23)36-3/h5-12,17,21,25-27,30,32H,13-16,18-20H2,1-4H3,(H2,29,33)/t25-,26-,27+/m0/s1. The zero-order valence-corrected chi connectivity index (χ0v) is 24.5. The minimum atomic E-state index is -3.92. The molecule has 0 saturated heterocycles. The SMILES string of the molecule is COc1cccc(CNC[C@@H](O)[C@H](Cc2ccccc2)N([C@@H](CCSC)C(N)=O)S(=O)(=O)CCC(C)C)c1. The maximum absolute atomic E-state index is 13.8. The van der Waals surface area contributed by atoms with E-state index < -0.39 is 34.1 Å². The molecule has 2 aromatic rings. The van der Waals surface area contributed by atoms with E-state index in [1.165, 1.54) is 16.1 Å². The van der Waals surface area contributed by atoms with Gasteiger partial charge in [0, 0.05) is 13.1 Å². The highest BCUT2D eigenvalue weighted by Crippen LogP contribution is 2.24. The maximum atomic E-state index is 13.8. The van der Waals surface area contributed by atoms with Gasteiger partial charge in [-0.1, -0.05) is 56.3 Å². The van der Waals surface area contributed by atoms with Gasteiger partial charge in [-0.15, -0.1) is 0 Å². The number of nitrogens with zero attached hydrogens (tertiary/aromatic N) is 1. The number of nitrogens with one attached hydrogen (secondary N) is 1. The fourth-order valence-electron chi connectivity index (χ4n) is 4.28. The van der Waals surface area contributed by atoms with Crippen molar-refractivity contribution >= 4 is 27.7 Å². The Hall–Kier alpha value is -2.11. The molecule has 0 radical (unpaired) electrons. The van der Waals surface area contributed by atoms with Crippen LogP contribution in [0, 0.1) is 5.92 Å². The van der Waals surface area contributed by atoms with E-state index >= 15 is 0 Å². The number of aliphatic hydroxyl groups is 1. The molecule has 0 spiro atoms. The van der Waals surface area contributed by atoms with Crippen molar-refractivity contribution in [1.29, 1.82) is 0 Å². The molecule has 0 aliphatic rings. The zero-order valence-electron chi connectivity index (χ0n) is 22.9. The van der Waals surface area contributed by atoms with Crippen molar-refractivity contribution in [3.63, 3.8) is 0 Å². The van der Waals surface area contributed by atoms with Gasteiger partial charge in [-0.3, -0.25) is 4.79 Å². The van der Waals surface area contributed by atoms with Crippen LogP contribution in [0.2, 0.25) is 0 Å². The average molecular weight is 566 g/mol. The Balaban J connectivity index is 2.41. The number of methoxy groups -OCH3 is 1. The second kappa shape index (κ2) is 16.1. The molecule has 38 heavy (non-hydrogen) atoms. The van der Waals surface area contributed by atoms with E-state index in [1.807, 2.05) is 74.7 Å². The molecule has 8 nitrogen and oxygen atoms in total. The molecule has 0 bridgehead atoms. The number of hydrogen-bond acceptors (Lipinski definition) is 7. The topological polar surface area (TPSA) is 122 Å². The summed E-state index contributed by atoms with van der Waals surface area (Å²) in [7, 11) is -2.32. The van der Waals surface area contributed by atoms with E-state index in [-0.39, 0.29) is 31.1 Å². The van der Waals surface area contributed by atoms with E-state index in [0.29, 0.717) is 18.7 Å². The Kier molecular flexibility index (Phi) is 13.6. The van der Waals surface area contributed by atoms with Crippen molar-refractivity contribution in [3.8, 4) is 5.75 Å². The predicted molar refractivity (Wildman–Crippen MR) is 156 cm³/mol. The number of aliphatic hydroxyl groups excluding tert-OH is 1. The highest BCUT2D eigenvalue weighted by atomic mass is 32.2. The van der Waals surface area contributed by atoms with Gasteiger partial charge < -0.3 is 20.9 Å². The first-order valence-corrected chi connectivity index (χ1v) is 15.9. The van der Waals surface area contributed by atoms with E-state index in [2.05, 4.69) is 5.32 Å². The van der Waals surface area contributed by atoms with Gasteiger partial charge >= 0.3 is 0 Å². The lowest BCUT2D eigenvalue weighted by molar-refractivity contribution is -0.122. The first-order chi connectivity index (χ1) is 18.1. The number of carbonyl (C=O) groups excluding carboxylic acids is 1. The number of sulfonamides is 1. The van der Waals surface area contributed by atoms with Crippen LogP contribution in [0.1, 0.15) is 37.8 Å². The lowest BCUT2D eigenvalue weighted by Crippen LogP contribution is -2.59. The van der Waals surface area contributed by atoms with Crippen LogP contribution in [0.25, 0.3) is 0 Å². The molecular formula is C28H43N3O5S2. The van der Waals surface area contributed by atoms with Gasteiger partial charge in [0.2, 0.25) is 15.9 Å². The van der Waals surface area contributed by atoms with Crippen LogP contribution in [0.3, 0.4) is 0 Å². The van der Waals surface area contributed by atoms with Crippen molar-refractivity contribution in [2.45, 2.75) is 57.8 Å². The van der Waals surface area contributed by atoms with Gasteiger partial charge in [0.05, 0.1) is 25.0 Å². The molecule has 0 aromatic heterocycles. The van der Waals surface area contributed by atoms with Crippen LogP contribution < -0.4 is 15.8 Å². The quantitative estimate of drug-likeness (QED) is 0.254. The molecule has 2 rings (SSSR count). The molecule has 3 atom stereocenters. The number of hydrogen-bond donors (Lipinski definition) is 3. The van der Waals surface area contributed by atoms with Crippen molar-refractivity contribution in [2.75, 3.05) is 31.4 Å². The summed E-state index contributed by atoms with van der Waals surface area (Å²) >= 11 is 1.52. The van der Waals surface area contributed by atoms with E-state index in [0.717, 1.165) is 16.9 Å². The summed E-state index contributed by atoms with van der Waals surface area (Å²) in [4.78, 5) is 12.7. The smallest absolute Gasteiger partial charge is 0.235 e. The Labute approximate surface area is 232 Å². The third-order valence-electron chi connectivity index (χ3n) is 6.38. The van der Waals surface area contributed by atoms with Crippen LogP contribution in [-0.2, 0) is 27.8 Å². The van der Waals surface area contributed by atoms with Crippen molar-refractivity contribution in [1.82, 2.24) is 9.62 Å². The van der Waals surface area contributed by atoms with E-state index in [9.17, 15) is 18.3 Å². The monoisotopic (exact) mass is 565 g/mol. The molecule has 0 heterocycles. The Morgan fingerprint density at radius 1 is 1.11 bits per heavy atom. The lowest BCUT2D eigenvalue weighted by Gasteiger charge is -2.38. The first kappa shape index (κ1) is 32.1. The Morgan fingerprint density at radius 3 is 2.39 bits per heavy atom. The summed E-state index contributed by atoms with van der Waals surface area (Å²) < 4.78 is 34.1. The van der Waals surface area contributed by atoms with Gasteiger partial charge in [0.25, 0.3) is 0 Å². The maximum Gasteiger partial charge on any atom is 0.235 e. The summed E-state index contributed by atoms with van der Waals surface area (Å²) in [5, 5.41) is 14.7. The minimum absolute atomic E-state index is 0.122. The normalized spacial score (nSPS) is 14.4. The number of carbonyl (C=O) groups is 1. The molecule has 10 heteroatoms. The molecule has 212 valence electrons. The summed E-state index contributed by atoms with van der Waals surface area (Å²) in [5.74, 6) is 0.621. The van der Waals surface area contributed by atoms with Crippen LogP contribution >= 0.6 is 11.8 Å². The number of rotatable bonds is 18. The fraction of sp³-hybridized carbons (Fsp3) is 0.536. The number of amides is 1. The van der Waals surface area contributed by atoms with Crippen LogP contribution in [0.5, 0.6) is 5.75 Å². The lowest BCUT2D eigenvalue weighted by atomic mass is 9.99. The van der Waals surface area contributed by atoms with Gasteiger partial charge in [0.1, 0.15) is 11.8 Å². The van der Waals surface area contributed by atoms with Crippen molar-refractivity contribution in [2.24, 2.45) is 11.7 Å². The third-order valence-corrected chi connectivity index (χ3v) is 8.94. The van der Waals surface area contributed by atoms with Crippen molar-refractivity contribution < 1.29 is 23.1 Å². The van der Waals surface area contributed by atoms with Crippen LogP contribution in [0.15, 0.2) is 54.6 Å². The number of ether oxygens (including phenoxy) is 1. The summed E-state index contributed by atoms with van der Waals surface area (Å²) in [6, 6.07) is 15.1. The number of thioether (sulfide) groups is 1. The summed E-state index contributed by atoms with van der Waals surface area (Å²) in [6.07, 6.45) is 1.76. The molecule has 0 saturated carbocycles. The summed E-state index contributed by atoms with van der Waals surface area (Å²) in [5.41, 5.74) is 7.63. The minimum Gasteiger partial charge on any atom is -0.497 e. The predicted octanol–water partition coefficient (Wildman–Crippen LogP) is 3.04. The second-order valence-corrected chi connectivity index (χ2v) is 12.8. The van der Waals surface area contributed by atoms with Gasteiger partial charge in [-0.2, -0.15) is 16.1 Å².